The summed E-state index contributed by atoms with van der Waals surface area (Å²) in [5.41, 5.74) is -1.16. The van der Waals surface area contributed by atoms with Gasteiger partial charge in [0, 0.05) is 20.1 Å². The van der Waals surface area contributed by atoms with E-state index in [1.54, 1.807) is 14.0 Å². The molecule has 0 fully saturated rings. The van der Waals surface area contributed by atoms with Crippen molar-refractivity contribution in [2.45, 2.75) is 52.2 Å². The molecule has 0 aliphatic heterocycles. The Morgan fingerprint density at radius 3 is 2.29 bits per heavy atom. The van der Waals surface area contributed by atoms with E-state index >= 15 is 0 Å². The first-order valence-electron chi connectivity index (χ1n) is 5.84. The van der Waals surface area contributed by atoms with Gasteiger partial charge < -0.3 is 14.7 Å². The molecule has 0 aromatic carbocycles. The molecule has 0 rings (SSSR count). The minimum absolute atomic E-state index is 0.00518. The van der Waals surface area contributed by atoms with Crippen LogP contribution in [0.15, 0.2) is 0 Å². The zero-order valence-corrected chi connectivity index (χ0v) is 11.3. The van der Waals surface area contributed by atoms with Crippen LogP contribution in [0.2, 0.25) is 0 Å². The number of likely N-dealkylation sites (N-methyl/N-ethyl adjacent to an activating group) is 1. The highest BCUT2D eigenvalue weighted by Crippen LogP contribution is 2.17. The van der Waals surface area contributed by atoms with E-state index in [1.807, 2.05) is 6.92 Å². The maximum absolute atomic E-state index is 12.0. The predicted molar refractivity (Wildman–Crippen MR) is 64.8 cm³/mol. The van der Waals surface area contributed by atoms with Crippen molar-refractivity contribution in [2.24, 2.45) is 0 Å². The number of carboxylic acid groups (broad SMARTS) is 1. The lowest BCUT2D eigenvalue weighted by molar-refractivity contribution is -0.156. The van der Waals surface area contributed by atoms with Crippen molar-refractivity contribution < 1.29 is 19.4 Å². The van der Waals surface area contributed by atoms with Crippen LogP contribution >= 0.6 is 0 Å². The number of carbonyl (C=O) groups is 2. The summed E-state index contributed by atoms with van der Waals surface area (Å²) in [7, 11) is 1.59. The van der Waals surface area contributed by atoms with Crippen molar-refractivity contribution in [2.75, 3.05) is 13.7 Å². The van der Waals surface area contributed by atoms with E-state index in [9.17, 15) is 9.59 Å². The average molecular weight is 245 g/mol. The Labute approximate surface area is 103 Å². The number of methoxy groups -OCH3 is 1. The third-order valence-electron chi connectivity index (χ3n) is 2.98. The summed E-state index contributed by atoms with van der Waals surface area (Å²) in [5.74, 6) is -1.14. The largest absolute Gasteiger partial charge is 0.480 e. The minimum atomic E-state index is -1.16. The molecule has 0 aromatic rings. The van der Waals surface area contributed by atoms with Gasteiger partial charge >= 0.3 is 5.97 Å². The summed E-state index contributed by atoms with van der Waals surface area (Å²) >= 11 is 0. The molecule has 0 bridgehead atoms. The van der Waals surface area contributed by atoms with Gasteiger partial charge in [-0.2, -0.15) is 0 Å². The Bertz CT molecular complexity index is 276. The molecule has 0 aliphatic rings. The number of hydrogen-bond donors (Lipinski definition) is 1. The molecular weight excluding hydrogens is 222 g/mol. The smallest absolute Gasteiger partial charge is 0.329 e. The lowest BCUT2D eigenvalue weighted by atomic mass is 10.0. The monoisotopic (exact) mass is 245 g/mol. The first-order valence-corrected chi connectivity index (χ1v) is 5.84. The van der Waals surface area contributed by atoms with Gasteiger partial charge in [0.15, 0.2) is 0 Å². The van der Waals surface area contributed by atoms with Gasteiger partial charge in [-0.15, -0.1) is 0 Å². The quantitative estimate of drug-likeness (QED) is 0.738. The summed E-state index contributed by atoms with van der Waals surface area (Å²) in [6.07, 6.45) is 0.909. The highest BCUT2D eigenvalue weighted by Gasteiger charge is 2.36. The Morgan fingerprint density at radius 1 is 1.41 bits per heavy atom. The molecule has 0 spiro atoms. The molecular formula is C12H23NO4. The molecule has 5 heteroatoms. The molecule has 0 aliphatic carbocycles. The van der Waals surface area contributed by atoms with Gasteiger partial charge in [-0.05, 0) is 34.1 Å². The van der Waals surface area contributed by atoms with Crippen LogP contribution in [0.4, 0.5) is 0 Å². The summed E-state index contributed by atoms with van der Waals surface area (Å²) in [4.78, 5) is 24.4. The summed E-state index contributed by atoms with van der Waals surface area (Å²) in [6, 6.07) is 0. The summed E-state index contributed by atoms with van der Waals surface area (Å²) in [6.45, 7) is 7.13. The fourth-order valence-corrected chi connectivity index (χ4v) is 1.58. The molecule has 0 aromatic heterocycles. The number of carbonyl (C=O) groups excluding carboxylic acids is 1. The molecule has 1 amide bonds. The standard InChI is InChI=1S/C12H23NO4/c1-6-13(12(3,4)11(15)16)10(14)8-7-9(2)17-5/h9H,6-8H2,1-5H3,(H,15,16). The van der Waals surface area contributed by atoms with Crippen molar-refractivity contribution in [3.8, 4) is 0 Å². The SMILES string of the molecule is CCN(C(=O)CCC(C)OC)C(C)(C)C(=O)O. The Morgan fingerprint density at radius 2 is 1.94 bits per heavy atom. The molecule has 17 heavy (non-hydrogen) atoms. The molecule has 0 radical (unpaired) electrons. The van der Waals surface area contributed by atoms with Gasteiger partial charge in [-0.3, -0.25) is 4.79 Å². The van der Waals surface area contributed by atoms with E-state index in [0.29, 0.717) is 19.4 Å². The number of nitrogens with zero attached hydrogens (tertiary/aromatic N) is 1. The summed E-state index contributed by atoms with van der Waals surface area (Å²) < 4.78 is 5.06. The topological polar surface area (TPSA) is 66.8 Å². The van der Waals surface area contributed by atoms with Crippen molar-refractivity contribution in [1.82, 2.24) is 4.90 Å². The third kappa shape index (κ3) is 4.34. The van der Waals surface area contributed by atoms with Gasteiger partial charge in [-0.25, -0.2) is 4.79 Å². The van der Waals surface area contributed by atoms with Crippen LogP contribution in [0.3, 0.4) is 0 Å². The zero-order valence-electron chi connectivity index (χ0n) is 11.3. The van der Waals surface area contributed by atoms with E-state index in [1.165, 1.54) is 18.7 Å². The van der Waals surface area contributed by atoms with Crippen molar-refractivity contribution in [3.63, 3.8) is 0 Å². The van der Waals surface area contributed by atoms with Crippen molar-refractivity contribution in [1.29, 1.82) is 0 Å². The molecule has 1 unspecified atom stereocenters. The number of ether oxygens (including phenoxy) is 1. The number of carboxylic acids is 1. The summed E-state index contributed by atoms with van der Waals surface area (Å²) in [5, 5.41) is 9.10. The molecule has 0 saturated carbocycles. The van der Waals surface area contributed by atoms with E-state index in [-0.39, 0.29) is 12.0 Å². The number of amides is 1. The first-order chi connectivity index (χ1) is 7.77. The fourth-order valence-electron chi connectivity index (χ4n) is 1.58. The minimum Gasteiger partial charge on any atom is -0.480 e. The van der Waals surface area contributed by atoms with Crippen LogP contribution in [0.25, 0.3) is 0 Å². The maximum atomic E-state index is 12.0. The van der Waals surface area contributed by atoms with E-state index < -0.39 is 11.5 Å². The highest BCUT2D eigenvalue weighted by atomic mass is 16.5. The van der Waals surface area contributed by atoms with Gasteiger partial charge in [0.2, 0.25) is 5.91 Å². The van der Waals surface area contributed by atoms with E-state index in [2.05, 4.69) is 0 Å². The third-order valence-corrected chi connectivity index (χ3v) is 2.98. The Hall–Kier alpha value is -1.10. The Balaban J connectivity index is 4.57. The van der Waals surface area contributed by atoms with Crippen LogP contribution in [0, 0.1) is 0 Å². The normalized spacial score (nSPS) is 13.2. The lowest BCUT2D eigenvalue weighted by Gasteiger charge is -2.34. The van der Waals surface area contributed by atoms with E-state index in [4.69, 9.17) is 9.84 Å². The number of rotatable bonds is 7. The highest BCUT2D eigenvalue weighted by molar-refractivity contribution is 5.86. The van der Waals surface area contributed by atoms with Crippen LogP contribution in [0.5, 0.6) is 0 Å². The molecule has 1 N–H and O–H groups in total. The maximum Gasteiger partial charge on any atom is 0.329 e. The molecule has 0 heterocycles. The molecule has 1 atom stereocenters. The second kappa shape index (κ2) is 6.59. The number of hydrogen-bond acceptors (Lipinski definition) is 3. The lowest BCUT2D eigenvalue weighted by Crippen LogP contribution is -2.52. The Kier molecular flexibility index (Phi) is 6.16. The van der Waals surface area contributed by atoms with Gasteiger partial charge in [0.25, 0.3) is 0 Å². The first kappa shape index (κ1) is 15.9. The number of aliphatic carboxylic acids is 1. The van der Waals surface area contributed by atoms with E-state index in [0.717, 1.165) is 0 Å². The average Bonchev–Trinajstić information content (AvgIpc) is 2.26. The van der Waals surface area contributed by atoms with Gasteiger partial charge in [-0.1, -0.05) is 0 Å². The van der Waals surface area contributed by atoms with Crippen molar-refractivity contribution in [3.05, 3.63) is 0 Å². The molecule has 100 valence electrons. The molecule has 5 nitrogen and oxygen atoms in total. The molecule has 0 saturated heterocycles. The second-order valence-electron chi connectivity index (χ2n) is 4.59. The second-order valence-corrected chi connectivity index (χ2v) is 4.59. The fraction of sp³-hybridized carbons (Fsp3) is 0.833. The van der Waals surface area contributed by atoms with Crippen molar-refractivity contribution >= 4 is 11.9 Å². The van der Waals surface area contributed by atoms with Crippen LogP contribution in [-0.2, 0) is 14.3 Å². The zero-order chi connectivity index (χ0) is 13.6. The van der Waals surface area contributed by atoms with Crippen LogP contribution in [0.1, 0.15) is 40.5 Å². The van der Waals surface area contributed by atoms with Crippen LogP contribution < -0.4 is 0 Å². The van der Waals surface area contributed by atoms with Gasteiger partial charge in [0.05, 0.1) is 6.10 Å². The van der Waals surface area contributed by atoms with Crippen LogP contribution in [-0.4, -0.2) is 47.2 Å². The predicted octanol–water partition coefficient (Wildman–Crippen LogP) is 1.51. The van der Waals surface area contributed by atoms with Gasteiger partial charge in [0.1, 0.15) is 5.54 Å².